The SMILES string of the molecule is CC(C)NC(=O)C1CCN(C(=O)c2cnc3sccn3c2=O)CC1. The van der Waals surface area contributed by atoms with Gasteiger partial charge < -0.3 is 10.2 Å². The van der Waals surface area contributed by atoms with E-state index >= 15 is 0 Å². The molecule has 0 radical (unpaired) electrons. The number of hydrogen-bond donors (Lipinski definition) is 1. The molecule has 24 heavy (non-hydrogen) atoms. The quantitative estimate of drug-likeness (QED) is 0.901. The van der Waals surface area contributed by atoms with Gasteiger partial charge in [0.05, 0.1) is 0 Å². The van der Waals surface area contributed by atoms with E-state index in [1.54, 1.807) is 16.5 Å². The van der Waals surface area contributed by atoms with Crippen LogP contribution in [-0.4, -0.2) is 45.2 Å². The molecule has 3 heterocycles. The molecular formula is C16H20N4O3S. The number of nitrogens with zero attached hydrogens (tertiary/aromatic N) is 3. The lowest BCUT2D eigenvalue weighted by atomic mass is 9.95. The second-order valence-corrected chi connectivity index (χ2v) is 7.14. The Kier molecular flexibility index (Phi) is 4.66. The Balaban J connectivity index is 1.69. The largest absolute Gasteiger partial charge is 0.354 e. The summed E-state index contributed by atoms with van der Waals surface area (Å²) in [6.45, 7) is 4.80. The number of carbonyl (C=O) groups excluding carboxylic acids is 2. The molecule has 8 heteroatoms. The first-order valence-electron chi connectivity index (χ1n) is 8.02. The van der Waals surface area contributed by atoms with E-state index in [1.807, 2.05) is 13.8 Å². The van der Waals surface area contributed by atoms with Gasteiger partial charge in [0.25, 0.3) is 11.5 Å². The van der Waals surface area contributed by atoms with E-state index in [9.17, 15) is 14.4 Å². The number of rotatable bonds is 3. The van der Waals surface area contributed by atoms with Gasteiger partial charge in [-0.1, -0.05) is 0 Å². The molecule has 0 saturated carbocycles. The van der Waals surface area contributed by atoms with Crippen LogP contribution in [-0.2, 0) is 4.79 Å². The Hall–Kier alpha value is -2.22. The van der Waals surface area contributed by atoms with Gasteiger partial charge in [0.1, 0.15) is 5.56 Å². The summed E-state index contributed by atoms with van der Waals surface area (Å²) in [4.78, 5) is 43.4. The fourth-order valence-corrected chi connectivity index (χ4v) is 3.56. The number of piperidine rings is 1. The molecule has 2 aromatic rings. The van der Waals surface area contributed by atoms with Crippen molar-refractivity contribution in [2.24, 2.45) is 5.92 Å². The summed E-state index contributed by atoms with van der Waals surface area (Å²) in [5.74, 6) is -0.343. The van der Waals surface area contributed by atoms with Crippen LogP contribution >= 0.6 is 11.3 Å². The summed E-state index contributed by atoms with van der Waals surface area (Å²) in [5.41, 5.74) is -0.262. The molecule has 2 aromatic heterocycles. The number of carbonyl (C=O) groups is 2. The Morgan fingerprint density at radius 2 is 2.04 bits per heavy atom. The molecule has 0 bridgehead atoms. The number of nitrogens with one attached hydrogen (secondary N) is 1. The van der Waals surface area contributed by atoms with Crippen molar-refractivity contribution < 1.29 is 9.59 Å². The van der Waals surface area contributed by atoms with E-state index in [1.165, 1.54) is 21.9 Å². The Labute approximate surface area is 143 Å². The molecule has 1 aliphatic rings. The summed E-state index contributed by atoms with van der Waals surface area (Å²) in [6.07, 6.45) is 4.20. The highest BCUT2D eigenvalue weighted by Crippen LogP contribution is 2.19. The van der Waals surface area contributed by atoms with E-state index in [0.717, 1.165) is 0 Å². The zero-order valence-electron chi connectivity index (χ0n) is 13.7. The van der Waals surface area contributed by atoms with Crippen LogP contribution in [0.4, 0.5) is 0 Å². The van der Waals surface area contributed by atoms with Gasteiger partial charge in [0.2, 0.25) is 5.91 Å². The summed E-state index contributed by atoms with van der Waals surface area (Å²) in [6, 6.07) is 0.112. The molecule has 1 aliphatic heterocycles. The predicted molar refractivity (Wildman–Crippen MR) is 91.2 cm³/mol. The fourth-order valence-electron chi connectivity index (χ4n) is 2.89. The molecule has 7 nitrogen and oxygen atoms in total. The molecule has 128 valence electrons. The lowest BCUT2D eigenvalue weighted by molar-refractivity contribution is -0.126. The Bertz CT molecular complexity index is 818. The summed E-state index contributed by atoms with van der Waals surface area (Å²) >= 11 is 1.35. The van der Waals surface area contributed by atoms with Crippen LogP contribution in [0.3, 0.4) is 0 Å². The number of likely N-dealkylation sites (tertiary alicyclic amines) is 1. The predicted octanol–water partition coefficient (Wildman–Crippen LogP) is 1.13. The molecule has 0 aliphatic carbocycles. The zero-order valence-corrected chi connectivity index (χ0v) is 14.5. The highest BCUT2D eigenvalue weighted by atomic mass is 32.1. The smallest absolute Gasteiger partial charge is 0.271 e. The standard InChI is InChI=1S/C16H20N4O3S/c1-10(2)18-13(21)11-3-5-19(6-4-11)14(22)12-9-17-16-20(15(12)23)7-8-24-16/h7-11H,3-6H2,1-2H3,(H,18,21). The Morgan fingerprint density at radius 1 is 1.33 bits per heavy atom. The number of amides is 2. The van der Waals surface area contributed by atoms with Crippen LogP contribution in [0.2, 0.25) is 0 Å². The normalized spacial score (nSPS) is 15.9. The number of hydrogen-bond acceptors (Lipinski definition) is 5. The lowest BCUT2D eigenvalue weighted by Crippen LogP contribution is -2.45. The number of fused-ring (bicyclic) bond motifs is 1. The van der Waals surface area contributed by atoms with Crippen molar-refractivity contribution in [3.63, 3.8) is 0 Å². The molecule has 1 N–H and O–H groups in total. The van der Waals surface area contributed by atoms with E-state index in [0.29, 0.717) is 30.9 Å². The molecule has 2 amide bonds. The molecule has 1 saturated heterocycles. The monoisotopic (exact) mass is 348 g/mol. The zero-order chi connectivity index (χ0) is 17.3. The minimum atomic E-state index is -0.342. The van der Waals surface area contributed by atoms with Crippen molar-refractivity contribution in [3.8, 4) is 0 Å². The fraction of sp³-hybridized carbons (Fsp3) is 0.500. The molecule has 0 atom stereocenters. The molecule has 0 spiro atoms. The third-order valence-electron chi connectivity index (χ3n) is 4.16. The van der Waals surface area contributed by atoms with Crippen molar-refractivity contribution in [1.29, 1.82) is 0 Å². The van der Waals surface area contributed by atoms with Crippen LogP contribution in [0.15, 0.2) is 22.6 Å². The molecule has 3 rings (SSSR count). The maximum Gasteiger partial charge on any atom is 0.271 e. The van der Waals surface area contributed by atoms with Crippen LogP contribution in [0.5, 0.6) is 0 Å². The third-order valence-corrected chi connectivity index (χ3v) is 4.93. The minimum Gasteiger partial charge on any atom is -0.354 e. The van der Waals surface area contributed by atoms with Crippen molar-refractivity contribution in [3.05, 3.63) is 33.7 Å². The molecule has 0 aromatic carbocycles. The maximum atomic E-state index is 12.6. The Morgan fingerprint density at radius 3 is 2.71 bits per heavy atom. The van der Waals surface area contributed by atoms with Gasteiger partial charge in [-0.15, -0.1) is 11.3 Å². The second kappa shape index (κ2) is 6.72. The highest BCUT2D eigenvalue weighted by molar-refractivity contribution is 7.15. The first-order chi connectivity index (χ1) is 11.5. The minimum absolute atomic E-state index is 0.0403. The van der Waals surface area contributed by atoms with Gasteiger partial charge in [0, 0.05) is 42.8 Å². The van der Waals surface area contributed by atoms with E-state index in [4.69, 9.17) is 0 Å². The van der Waals surface area contributed by atoms with Crippen molar-refractivity contribution in [2.45, 2.75) is 32.7 Å². The van der Waals surface area contributed by atoms with Gasteiger partial charge in [0.15, 0.2) is 4.96 Å². The first-order valence-corrected chi connectivity index (χ1v) is 8.90. The van der Waals surface area contributed by atoms with Crippen LogP contribution in [0.1, 0.15) is 37.0 Å². The number of aromatic nitrogens is 2. The van der Waals surface area contributed by atoms with E-state index in [2.05, 4.69) is 10.3 Å². The van der Waals surface area contributed by atoms with Crippen molar-refractivity contribution in [2.75, 3.05) is 13.1 Å². The van der Waals surface area contributed by atoms with Crippen LogP contribution < -0.4 is 10.9 Å². The van der Waals surface area contributed by atoms with Crippen LogP contribution in [0.25, 0.3) is 4.96 Å². The van der Waals surface area contributed by atoms with E-state index < -0.39 is 0 Å². The summed E-state index contributed by atoms with van der Waals surface area (Å²) < 4.78 is 1.39. The topological polar surface area (TPSA) is 83.8 Å². The van der Waals surface area contributed by atoms with Crippen molar-refractivity contribution in [1.82, 2.24) is 19.6 Å². The van der Waals surface area contributed by atoms with Gasteiger partial charge in [-0.2, -0.15) is 0 Å². The average Bonchev–Trinajstić information content (AvgIpc) is 3.04. The lowest BCUT2D eigenvalue weighted by Gasteiger charge is -2.31. The van der Waals surface area contributed by atoms with Crippen molar-refractivity contribution >= 4 is 28.1 Å². The second-order valence-electron chi connectivity index (χ2n) is 6.26. The maximum absolute atomic E-state index is 12.6. The summed E-state index contributed by atoms with van der Waals surface area (Å²) in [5, 5.41) is 4.67. The molecule has 0 unspecified atom stereocenters. The highest BCUT2D eigenvalue weighted by Gasteiger charge is 2.29. The molecule has 1 fully saturated rings. The van der Waals surface area contributed by atoms with E-state index in [-0.39, 0.29) is 34.9 Å². The van der Waals surface area contributed by atoms with Gasteiger partial charge in [-0.3, -0.25) is 18.8 Å². The number of thiazole rings is 1. The van der Waals surface area contributed by atoms with Gasteiger partial charge in [-0.25, -0.2) is 4.98 Å². The third kappa shape index (κ3) is 3.19. The van der Waals surface area contributed by atoms with Crippen LogP contribution in [0, 0.1) is 5.92 Å². The molecular weight excluding hydrogens is 328 g/mol. The van der Waals surface area contributed by atoms with Gasteiger partial charge in [-0.05, 0) is 26.7 Å². The van der Waals surface area contributed by atoms with Gasteiger partial charge >= 0.3 is 0 Å². The summed E-state index contributed by atoms with van der Waals surface area (Å²) in [7, 11) is 0. The first kappa shape index (κ1) is 16.6. The average molecular weight is 348 g/mol.